The predicted octanol–water partition coefficient (Wildman–Crippen LogP) is 1.23. The summed E-state index contributed by atoms with van der Waals surface area (Å²) in [6.07, 6.45) is 3.25. The number of ether oxygens (including phenoxy) is 1. The van der Waals surface area contributed by atoms with Crippen molar-refractivity contribution in [3.8, 4) is 6.07 Å². The molecule has 6 nitrogen and oxygen atoms in total. The van der Waals surface area contributed by atoms with Crippen molar-refractivity contribution in [2.24, 2.45) is 5.92 Å². The number of fused-ring (bicyclic) bond motifs is 1. The molecule has 0 bridgehead atoms. The van der Waals surface area contributed by atoms with E-state index >= 15 is 0 Å². The van der Waals surface area contributed by atoms with Crippen LogP contribution in [0.15, 0.2) is 4.52 Å². The monoisotopic (exact) mass is 260 g/mol. The summed E-state index contributed by atoms with van der Waals surface area (Å²) in [4.78, 5) is 6.89. The van der Waals surface area contributed by atoms with Crippen molar-refractivity contribution in [3.63, 3.8) is 0 Å². The van der Waals surface area contributed by atoms with E-state index in [0.29, 0.717) is 17.8 Å². The highest BCUT2D eigenvalue weighted by Crippen LogP contribution is 2.46. The number of morpholine rings is 1. The Kier molecular flexibility index (Phi) is 2.57. The highest BCUT2D eigenvalue weighted by Gasteiger charge is 2.44. The van der Waals surface area contributed by atoms with Crippen molar-refractivity contribution in [3.05, 3.63) is 11.7 Å². The molecule has 19 heavy (non-hydrogen) atoms. The number of hydrogen-bond acceptors (Lipinski definition) is 6. The van der Waals surface area contributed by atoms with Crippen LogP contribution in [0.2, 0.25) is 0 Å². The molecular weight excluding hydrogens is 244 g/mol. The van der Waals surface area contributed by atoms with Crippen LogP contribution in [-0.2, 0) is 4.74 Å². The highest BCUT2D eigenvalue weighted by molar-refractivity contribution is 5.15. The van der Waals surface area contributed by atoms with E-state index in [0.717, 1.165) is 26.1 Å². The van der Waals surface area contributed by atoms with Crippen molar-refractivity contribution < 1.29 is 9.26 Å². The maximum Gasteiger partial charge on any atom is 0.231 e. The fourth-order valence-electron chi connectivity index (χ4n) is 3.11. The lowest BCUT2D eigenvalue weighted by Crippen LogP contribution is -2.42. The number of nitrogens with zero attached hydrogens (tertiary/aromatic N) is 4. The van der Waals surface area contributed by atoms with E-state index in [9.17, 15) is 0 Å². The summed E-state index contributed by atoms with van der Waals surface area (Å²) in [5.41, 5.74) is 0. The first kappa shape index (κ1) is 11.4. The number of hydrogen-bond donors (Lipinski definition) is 0. The minimum Gasteiger partial charge on any atom is -0.367 e. The second-order valence-electron chi connectivity index (χ2n) is 5.68. The van der Waals surface area contributed by atoms with Gasteiger partial charge in [-0.15, -0.1) is 0 Å². The van der Waals surface area contributed by atoms with Gasteiger partial charge in [-0.3, -0.25) is 4.90 Å². The summed E-state index contributed by atoms with van der Waals surface area (Å²) in [5.74, 6) is 1.45. The normalized spacial score (nSPS) is 37.8. The van der Waals surface area contributed by atoms with E-state index in [-0.39, 0.29) is 17.9 Å². The molecule has 3 heterocycles. The Morgan fingerprint density at radius 3 is 3.21 bits per heavy atom. The fraction of sp³-hybridized carbons (Fsp3) is 0.769. The van der Waals surface area contributed by atoms with Crippen LogP contribution in [0.4, 0.5) is 0 Å². The molecule has 2 saturated heterocycles. The average molecular weight is 260 g/mol. The van der Waals surface area contributed by atoms with Gasteiger partial charge in [0.05, 0.1) is 24.5 Å². The van der Waals surface area contributed by atoms with Crippen LogP contribution in [0.5, 0.6) is 0 Å². The molecule has 1 aromatic rings. The van der Waals surface area contributed by atoms with Gasteiger partial charge in [0, 0.05) is 12.6 Å². The molecular formula is C13H16N4O2. The van der Waals surface area contributed by atoms with Gasteiger partial charge in [0.15, 0.2) is 0 Å². The molecule has 1 saturated carbocycles. The fourth-order valence-corrected chi connectivity index (χ4v) is 3.11. The first-order chi connectivity index (χ1) is 9.35. The van der Waals surface area contributed by atoms with Gasteiger partial charge in [-0.2, -0.15) is 10.2 Å². The lowest BCUT2D eigenvalue weighted by molar-refractivity contribution is -0.0548. The summed E-state index contributed by atoms with van der Waals surface area (Å²) in [5, 5.41) is 12.9. The van der Waals surface area contributed by atoms with Gasteiger partial charge in [-0.25, -0.2) is 0 Å². The van der Waals surface area contributed by atoms with Crippen LogP contribution in [0, 0.1) is 17.2 Å². The number of nitriles is 1. The van der Waals surface area contributed by atoms with Crippen molar-refractivity contribution in [1.29, 1.82) is 5.26 Å². The molecule has 4 rings (SSSR count). The smallest absolute Gasteiger partial charge is 0.231 e. The summed E-state index contributed by atoms with van der Waals surface area (Å²) in [6, 6.07) is 2.82. The number of aromatic nitrogens is 2. The SMILES string of the molecule is N#CC1CC1c1nc(C2CN3CCCC3CO2)no1. The Hall–Kier alpha value is -1.45. The van der Waals surface area contributed by atoms with Crippen molar-refractivity contribution >= 4 is 0 Å². The molecule has 2 aliphatic heterocycles. The molecule has 100 valence electrons. The van der Waals surface area contributed by atoms with Gasteiger partial charge in [-0.05, 0) is 25.8 Å². The van der Waals surface area contributed by atoms with Gasteiger partial charge in [0.2, 0.25) is 11.7 Å². The molecule has 4 atom stereocenters. The summed E-state index contributed by atoms with van der Waals surface area (Å²) < 4.78 is 11.1. The van der Waals surface area contributed by atoms with Gasteiger partial charge in [-0.1, -0.05) is 5.16 Å². The van der Waals surface area contributed by atoms with E-state index in [4.69, 9.17) is 14.5 Å². The first-order valence-electron chi connectivity index (χ1n) is 6.94. The Labute approximate surface area is 111 Å². The second-order valence-corrected chi connectivity index (χ2v) is 5.68. The molecule has 0 N–H and O–H groups in total. The minimum absolute atomic E-state index is 0.0588. The van der Waals surface area contributed by atoms with E-state index in [1.54, 1.807) is 0 Å². The molecule has 0 aromatic carbocycles. The zero-order valence-corrected chi connectivity index (χ0v) is 10.7. The molecule has 0 spiro atoms. The molecule has 3 fully saturated rings. The molecule has 4 unspecified atom stereocenters. The molecule has 3 aliphatic rings. The third kappa shape index (κ3) is 1.94. The average Bonchev–Trinajstić information content (AvgIpc) is 2.88. The maximum atomic E-state index is 8.82. The van der Waals surface area contributed by atoms with Gasteiger partial charge < -0.3 is 9.26 Å². The maximum absolute atomic E-state index is 8.82. The van der Waals surface area contributed by atoms with Crippen LogP contribution in [0.1, 0.15) is 43.0 Å². The summed E-state index contributed by atoms with van der Waals surface area (Å²) >= 11 is 0. The topological polar surface area (TPSA) is 75.2 Å². The standard InChI is InChI=1S/C13H16N4O2/c14-5-8-4-10(8)13-15-12(16-19-13)11-6-17-3-1-2-9(17)7-18-11/h8-11H,1-4,6-7H2. The van der Waals surface area contributed by atoms with Crippen LogP contribution >= 0.6 is 0 Å². The lowest BCUT2D eigenvalue weighted by atomic mass is 10.2. The summed E-state index contributed by atoms with van der Waals surface area (Å²) in [7, 11) is 0. The largest absolute Gasteiger partial charge is 0.367 e. The molecule has 0 amide bonds. The lowest BCUT2D eigenvalue weighted by Gasteiger charge is -2.33. The van der Waals surface area contributed by atoms with Gasteiger partial charge >= 0.3 is 0 Å². The summed E-state index contributed by atoms with van der Waals surface area (Å²) in [6.45, 7) is 2.77. The van der Waals surface area contributed by atoms with Gasteiger partial charge in [0.25, 0.3) is 0 Å². The zero-order chi connectivity index (χ0) is 12.8. The Bertz CT molecular complexity index is 523. The van der Waals surface area contributed by atoms with Crippen molar-refractivity contribution in [2.45, 2.75) is 37.3 Å². The van der Waals surface area contributed by atoms with Crippen molar-refractivity contribution in [2.75, 3.05) is 19.7 Å². The zero-order valence-electron chi connectivity index (χ0n) is 10.7. The van der Waals surface area contributed by atoms with Crippen LogP contribution < -0.4 is 0 Å². The predicted molar refractivity (Wildman–Crippen MR) is 64.0 cm³/mol. The van der Waals surface area contributed by atoms with Crippen LogP contribution in [0.3, 0.4) is 0 Å². The molecule has 6 heteroatoms. The third-order valence-electron chi connectivity index (χ3n) is 4.41. The van der Waals surface area contributed by atoms with E-state index in [1.807, 2.05) is 0 Å². The third-order valence-corrected chi connectivity index (χ3v) is 4.41. The second kappa shape index (κ2) is 4.29. The molecule has 0 radical (unpaired) electrons. The van der Waals surface area contributed by atoms with E-state index < -0.39 is 0 Å². The Morgan fingerprint density at radius 1 is 1.42 bits per heavy atom. The molecule has 1 aliphatic carbocycles. The quantitative estimate of drug-likeness (QED) is 0.796. The van der Waals surface area contributed by atoms with Crippen molar-refractivity contribution in [1.82, 2.24) is 15.0 Å². The van der Waals surface area contributed by atoms with Gasteiger partial charge in [0.1, 0.15) is 6.10 Å². The highest BCUT2D eigenvalue weighted by atomic mass is 16.5. The van der Waals surface area contributed by atoms with Crippen LogP contribution in [-0.4, -0.2) is 40.8 Å². The molecule has 1 aromatic heterocycles. The Morgan fingerprint density at radius 2 is 2.37 bits per heavy atom. The minimum atomic E-state index is -0.0777. The number of rotatable bonds is 2. The van der Waals surface area contributed by atoms with E-state index in [2.05, 4.69) is 21.1 Å². The first-order valence-corrected chi connectivity index (χ1v) is 6.94. The van der Waals surface area contributed by atoms with Crippen LogP contribution in [0.25, 0.3) is 0 Å². The Balaban J connectivity index is 1.46. The van der Waals surface area contributed by atoms with E-state index in [1.165, 1.54) is 12.8 Å².